The van der Waals surface area contributed by atoms with Crippen LogP contribution >= 0.6 is 0 Å². The van der Waals surface area contributed by atoms with Gasteiger partial charge in [-0.3, -0.25) is 4.79 Å². The second-order valence-corrected chi connectivity index (χ2v) is 4.59. The second kappa shape index (κ2) is 5.62. The van der Waals surface area contributed by atoms with Crippen LogP contribution in [0.25, 0.3) is 6.08 Å². The molecule has 1 aliphatic carbocycles. The summed E-state index contributed by atoms with van der Waals surface area (Å²) in [6.45, 7) is 3.88. The van der Waals surface area contributed by atoms with Crippen LogP contribution in [0, 0.1) is 5.92 Å². The summed E-state index contributed by atoms with van der Waals surface area (Å²) in [5, 5.41) is 0. The Morgan fingerprint density at radius 3 is 2.71 bits per heavy atom. The molecular weight excluding hydrogens is 208 g/mol. The van der Waals surface area contributed by atoms with Crippen molar-refractivity contribution in [3.8, 4) is 0 Å². The van der Waals surface area contributed by atoms with Gasteiger partial charge < -0.3 is 0 Å². The van der Waals surface area contributed by atoms with Gasteiger partial charge in [-0.05, 0) is 29.9 Å². The van der Waals surface area contributed by atoms with Crippen molar-refractivity contribution in [2.75, 3.05) is 0 Å². The van der Waals surface area contributed by atoms with E-state index in [1.165, 1.54) is 11.1 Å². The molecular formula is C16H18O. The Labute approximate surface area is 103 Å². The van der Waals surface area contributed by atoms with Gasteiger partial charge in [0.05, 0.1) is 0 Å². The minimum absolute atomic E-state index is 0.369. The summed E-state index contributed by atoms with van der Waals surface area (Å²) in [4.78, 5) is 11.5. The van der Waals surface area contributed by atoms with E-state index in [9.17, 15) is 4.79 Å². The van der Waals surface area contributed by atoms with Crippen molar-refractivity contribution < 1.29 is 4.79 Å². The molecule has 1 aromatic carbocycles. The molecule has 17 heavy (non-hydrogen) atoms. The van der Waals surface area contributed by atoms with Gasteiger partial charge in [-0.25, -0.2) is 0 Å². The Morgan fingerprint density at radius 1 is 1.29 bits per heavy atom. The van der Waals surface area contributed by atoms with Gasteiger partial charge in [-0.1, -0.05) is 49.1 Å². The van der Waals surface area contributed by atoms with Gasteiger partial charge >= 0.3 is 0 Å². The fraction of sp³-hybridized carbons (Fsp3) is 0.312. The first-order valence-corrected chi connectivity index (χ1v) is 6.20. The van der Waals surface area contributed by atoms with Crippen LogP contribution in [0.1, 0.15) is 31.2 Å². The maximum Gasteiger partial charge on any atom is 0.133 e. The molecule has 1 aliphatic rings. The predicted molar refractivity (Wildman–Crippen MR) is 71.6 cm³/mol. The first kappa shape index (κ1) is 11.8. The third kappa shape index (κ3) is 3.16. The number of carbonyl (C=O) groups excluding carboxylic acids is 1. The van der Waals surface area contributed by atoms with Gasteiger partial charge in [0.1, 0.15) is 5.78 Å². The molecule has 0 radical (unpaired) electrons. The summed E-state index contributed by atoms with van der Waals surface area (Å²) in [5.74, 6) is 0.760. The molecule has 1 fully saturated rings. The highest BCUT2D eigenvalue weighted by molar-refractivity contribution is 5.80. The molecule has 0 bridgehead atoms. The van der Waals surface area contributed by atoms with E-state index >= 15 is 0 Å². The number of carbonyl (C=O) groups is 1. The van der Waals surface area contributed by atoms with E-state index < -0.39 is 0 Å². The Hall–Kier alpha value is -1.63. The van der Waals surface area contributed by atoms with E-state index in [-0.39, 0.29) is 0 Å². The lowest BCUT2D eigenvalue weighted by Gasteiger charge is -2.22. The van der Waals surface area contributed by atoms with Crippen LogP contribution in [-0.2, 0) is 4.79 Å². The number of ketones is 1. The summed E-state index contributed by atoms with van der Waals surface area (Å²) in [6, 6.07) is 10.2. The SMILES string of the molecule is C=C/C(=C/c1ccccc1)C1CCCC(=O)C1. The summed E-state index contributed by atoms with van der Waals surface area (Å²) < 4.78 is 0. The van der Waals surface area contributed by atoms with Crippen molar-refractivity contribution in [2.45, 2.75) is 25.7 Å². The zero-order valence-electron chi connectivity index (χ0n) is 10.1. The molecule has 88 valence electrons. The number of rotatable bonds is 3. The van der Waals surface area contributed by atoms with Gasteiger partial charge in [0.15, 0.2) is 0 Å². The first-order valence-electron chi connectivity index (χ1n) is 6.20. The molecule has 0 saturated heterocycles. The summed E-state index contributed by atoms with van der Waals surface area (Å²) >= 11 is 0. The number of Topliss-reactive ketones (excluding diaryl/α,β-unsaturated/α-hetero) is 1. The average Bonchev–Trinajstić information content (AvgIpc) is 2.37. The van der Waals surface area contributed by atoms with Crippen LogP contribution in [0.5, 0.6) is 0 Å². The van der Waals surface area contributed by atoms with Crippen LogP contribution in [-0.4, -0.2) is 5.78 Å². The highest BCUT2D eigenvalue weighted by Gasteiger charge is 2.21. The van der Waals surface area contributed by atoms with E-state index in [1.807, 2.05) is 24.3 Å². The molecule has 1 aromatic rings. The summed E-state index contributed by atoms with van der Waals surface area (Å²) in [7, 11) is 0. The molecule has 0 spiro atoms. The molecule has 0 N–H and O–H groups in total. The molecule has 1 heteroatoms. The van der Waals surface area contributed by atoms with Crippen molar-refractivity contribution in [2.24, 2.45) is 5.92 Å². The van der Waals surface area contributed by atoms with Crippen molar-refractivity contribution in [3.05, 3.63) is 54.1 Å². The van der Waals surface area contributed by atoms with Crippen molar-refractivity contribution in [3.63, 3.8) is 0 Å². The molecule has 2 rings (SSSR count). The molecule has 1 saturated carbocycles. The fourth-order valence-corrected chi connectivity index (χ4v) is 2.39. The third-order valence-electron chi connectivity index (χ3n) is 3.32. The first-order chi connectivity index (χ1) is 8.29. The van der Waals surface area contributed by atoms with E-state index in [0.717, 1.165) is 19.3 Å². The zero-order valence-corrected chi connectivity index (χ0v) is 10.1. The van der Waals surface area contributed by atoms with Gasteiger partial charge in [0, 0.05) is 12.8 Å². The molecule has 0 amide bonds. The Kier molecular flexibility index (Phi) is 3.92. The second-order valence-electron chi connectivity index (χ2n) is 4.59. The minimum Gasteiger partial charge on any atom is -0.300 e. The quantitative estimate of drug-likeness (QED) is 0.711. The standard InChI is InChI=1S/C16H18O/c1-2-14(11-13-7-4-3-5-8-13)15-9-6-10-16(17)12-15/h2-5,7-8,11,15H,1,6,9-10,12H2/b14-11-. The maximum absolute atomic E-state index is 11.5. The maximum atomic E-state index is 11.5. The molecule has 0 heterocycles. The van der Waals surface area contributed by atoms with Crippen LogP contribution in [0.15, 0.2) is 48.6 Å². The molecule has 1 nitrogen and oxygen atoms in total. The van der Waals surface area contributed by atoms with Crippen LogP contribution in [0.3, 0.4) is 0 Å². The minimum atomic E-state index is 0.369. The van der Waals surface area contributed by atoms with Gasteiger partial charge in [-0.15, -0.1) is 0 Å². The fourth-order valence-electron chi connectivity index (χ4n) is 2.39. The number of allylic oxidation sites excluding steroid dienone is 2. The molecule has 1 unspecified atom stereocenters. The topological polar surface area (TPSA) is 17.1 Å². The van der Waals surface area contributed by atoms with Crippen LogP contribution < -0.4 is 0 Å². The van der Waals surface area contributed by atoms with Crippen molar-refractivity contribution >= 4 is 11.9 Å². The highest BCUT2D eigenvalue weighted by atomic mass is 16.1. The van der Waals surface area contributed by atoms with E-state index in [4.69, 9.17) is 0 Å². The summed E-state index contributed by atoms with van der Waals surface area (Å²) in [6.07, 6.45) is 7.61. The van der Waals surface area contributed by atoms with Crippen LogP contribution in [0.2, 0.25) is 0 Å². The van der Waals surface area contributed by atoms with E-state index in [0.29, 0.717) is 18.1 Å². The summed E-state index contributed by atoms with van der Waals surface area (Å²) in [5.41, 5.74) is 2.38. The number of hydrogen-bond donors (Lipinski definition) is 0. The average molecular weight is 226 g/mol. The lowest BCUT2D eigenvalue weighted by atomic mass is 9.82. The molecule has 0 aromatic heterocycles. The van der Waals surface area contributed by atoms with E-state index in [1.54, 1.807) is 0 Å². The van der Waals surface area contributed by atoms with Gasteiger partial charge in [0.25, 0.3) is 0 Å². The van der Waals surface area contributed by atoms with Crippen molar-refractivity contribution in [1.82, 2.24) is 0 Å². The van der Waals surface area contributed by atoms with Crippen molar-refractivity contribution in [1.29, 1.82) is 0 Å². The predicted octanol–water partition coefficient (Wildman–Crippen LogP) is 4.02. The Balaban J connectivity index is 2.18. The Bertz CT molecular complexity index is 428. The monoisotopic (exact) mass is 226 g/mol. The highest BCUT2D eigenvalue weighted by Crippen LogP contribution is 2.29. The van der Waals surface area contributed by atoms with E-state index in [2.05, 4.69) is 24.8 Å². The number of hydrogen-bond acceptors (Lipinski definition) is 1. The van der Waals surface area contributed by atoms with Gasteiger partial charge in [-0.2, -0.15) is 0 Å². The normalized spacial score (nSPS) is 21.3. The van der Waals surface area contributed by atoms with Crippen LogP contribution in [0.4, 0.5) is 0 Å². The smallest absolute Gasteiger partial charge is 0.133 e. The zero-order chi connectivity index (χ0) is 12.1. The molecule has 0 aliphatic heterocycles. The largest absolute Gasteiger partial charge is 0.300 e. The lowest BCUT2D eigenvalue weighted by molar-refractivity contribution is -0.121. The number of benzene rings is 1. The Morgan fingerprint density at radius 2 is 2.06 bits per heavy atom. The third-order valence-corrected chi connectivity index (χ3v) is 3.32. The lowest BCUT2D eigenvalue weighted by Crippen LogP contribution is -2.16. The van der Waals surface area contributed by atoms with Gasteiger partial charge in [0.2, 0.25) is 0 Å². The molecule has 1 atom stereocenters.